The summed E-state index contributed by atoms with van der Waals surface area (Å²) in [6.07, 6.45) is 1.83. The molecule has 0 spiro atoms. The summed E-state index contributed by atoms with van der Waals surface area (Å²) < 4.78 is 11.1. The van der Waals surface area contributed by atoms with Gasteiger partial charge < -0.3 is 19.6 Å². The standard InChI is InChI=1S/C19H34N4O4/c1-5-6-20-18(25)16-14-26-17(21-16)12-23-9-7-22(8-10-23)11-15(24)13-27-19(2,3)4/h14-15,24H,5-13H2,1-4H3,(H,20,25)/t15-/m1/s1. The Bertz CT molecular complexity index is 577. The number of aliphatic hydroxyl groups excluding tert-OH is 1. The summed E-state index contributed by atoms with van der Waals surface area (Å²) >= 11 is 0. The average molecular weight is 383 g/mol. The molecule has 0 saturated carbocycles. The molecule has 2 rings (SSSR count). The van der Waals surface area contributed by atoms with Crippen LogP contribution >= 0.6 is 0 Å². The molecule has 0 aromatic carbocycles. The quantitative estimate of drug-likeness (QED) is 0.661. The van der Waals surface area contributed by atoms with Crippen LogP contribution in [0.25, 0.3) is 0 Å². The number of β-amino-alcohol motifs (C(OH)–C–C–N with tert-alkyl or cyclic N) is 1. The molecule has 1 fully saturated rings. The third kappa shape index (κ3) is 7.96. The van der Waals surface area contributed by atoms with Crippen LogP contribution in [0.5, 0.6) is 0 Å². The third-order valence-corrected chi connectivity index (χ3v) is 4.32. The van der Waals surface area contributed by atoms with E-state index in [0.29, 0.717) is 37.8 Å². The van der Waals surface area contributed by atoms with E-state index in [1.165, 1.54) is 6.26 Å². The molecular formula is C19H34N4O4. The number of piperazine rings is 1. The summed E-state index contributed by atoms with van der Waals surface area (Å²) in [5.41, 5.74) is 0.0983. The smallest absolute Gasteiger partial charge is 0.273 e. The van der Waals surface area contributed by atoms with E-state index < -0.39 is 6.10 Å². The Kier molecular flexibility index (Phi) is 8.22. The monoisotopic (exact) mass is 382 g/mol. The number of oxazole rings is 1. The van der Waals surface area contributed by atoms with Crippen LogP contribution < -0.4 is 5.32 Å². The highest BCUT2D eigenvalue weighted by Crippen LogP contribution is 2.11. The SMILES string of the molecule is CCCNC(=O)c1coc(CN2CCN(C[C@@H](O)COC(C)(C)C)CC2)n1. The predicted octanol–water partition coefficient (Wildman–Crippen LogP) is 1.11. The van der Waals surface area contributed by atoms with Crippen molar-refractivity contribution in [3.63, 3.8) is 0 Å². The van der Waals surface area contributed by atoms with E-state index in [1.54, 1.807) is 0 Å². The molecule has 2 heterocycles. The Hall–Kier alpha value is -1.48. The van der Waals surface area contributed by atoms with E-state index >= 15 is 0 Å². The molecule has 1 aromatic heterocycles. The topological polar surface area (TPSA) is 91.1 Å². The van der Waals surface area contributed by atoms with Gasteiger partial charge in [0.15, 0.2) is 5.69 Å². The summed E-state index contributed by atoms with van der Waals surface area (Å²) in [4.78, 5) is 20.7. The maximum atomic E-state index is 11.9. The summed E-state index contributed by atoms with van der Waals surface area (Å²) in [6.45, 7) is 13.6. The molecule has 1 aliphatic rings. The third-order valence-electron chi connectivity index (χ3n) is 4.32. The van der Waals surface area contributed by atoms with Gasteiger partial charge >= 0.3 is 0 Å². The van der Waals surface area contributed by atoms with Crippen LogP contribution in [0, 0.1) is 0 Å². The first-order valence-corrected chi connectivity index (χ1v) is 9.76. The number of rotatable bonds is 9. The lowest BCUT2D eigenvalue weighted by Crippen LogP contribution is -2.49. The van der Waals surface area contributed by atoms with Gasteiger partial charge in [0.2, 0.25) is 5.89 Å². The molecule has 0 radical (unpaired) electrons. The second kappa shape index (κ2) is 10.2. The van der Waals surface area contributed by atoms with Gasteiger partial charge in [0.25, 0.3) is 5.91 Å². The van der Waals surface area contributed by atoms with Crippen molar-refractivity contribution in [1.29, 1.82) is 0 Å². The molecule has 8 heteroatoms. The van der Waals surface area contributed by atoms with E-state index in [9.17, 15) is 9.90 Å². The number of aliphatic hydroxyl groups is 1. The van der Waals surface area contributed by atoms with Crippen molar-refractivity contribution < 1.29 is 19.1 Å². The molecule has 1 aromatic rings. The van der Waals surface area contributed by atoms with Gasteiger partial charge in [-0.1, -0.05) is 6.92 Å². The number of carbonyl (C=O) groups excluding carboxylic acids is 1. The van der Waals surface area contributed by atoms with Gasteiger partial charge in [-0.2, -0.15) is 0 Å². The fraction of sp³-hybridized carbons (Fsp3) is 0.789. The van der Waals surface area contributed by atoms with E-state index in [-0.39, 0.29) is 11.5 Å². The van der Waals surface area contributed by atoms with Gasteiger partial charge in [0, 0.05) is 39.3 Å². The number of hydrogen-bond acceptors (Lipinski definition) is 7. The van der Waals surface area contributed by atoms with Gasteiger partial charge in [-0.15, -0.1) is 0 Å². The van der Waals surface area contributed by atoms with Crippen LogP contribution in [-0.4, -0.2) is 83.4 Å². The summed E-state index contributed by atoms with van der Waals surface area (Å²) in [6, 6.07) is 0. The highest BCUT2D eigenvalue weighted by atomic mass is 16.5. The van der Waals surface area contributed by atoms with Gasteiger partial charge in [-0.25, -0.2) is 4.98 Å². The lowest BCUT2D eigenvalue weighted by Gasteiger charge is -2.35. The number of carbonyl (C=O) groups is 1. The molecule has 1 saturated heterocycles. The number of ether oxygens (including phenoxy) is 1. The zero-order chi connectivity index (χ0) is 19.9. The van der Waals surface area contributed by atoms with Gasteiger partial charge in [-0.05, 0) is 27.2 Å². The Morgan fingerprint density at radius 3 is 2.63 bits per heavy atom. The number of aromatic nitrogens is 1. The number of nitrogens with zero attached hydrogens (tertiary/aromatic N) is 3. The van der Waals surface area contributed by atoms with Gasteiger partial charge in [0.05, 0.1) is 24.9 Å². The second-order valence-electron chi connectivity index (χ2n) is 8.04. The molecule has 0 bridgehead atoms. The van der Waals surface area contributed by atoms with Crippen LogP contribution in [0.2, 0.25) is 0 Å². The fourth-order valence-electron chi connectivity index (χ4n) is 2.84. The lowest BCUT2D eigenvalue weighted by atomic mass is 10.2. The van der Waals surface area contributed by atoms with E-state index in [1.807, 2.05) is 27.7 Å². The maximum absolute atomic E-state index is 11.9. The van der Waals surface area contributed by atoms with E-state index in [0.717, 1.165) is 32.6 Å². The zero-order valence-corrected chi connectivity index (χ0v) is 17.0. The van der Waals surface area contributed by atoms with Gasteiger partial charge in [-0.3, -0.25) is 14.6 Å². The van der Waals surface area contributed by atoms with Crippen molar-refractivity contribution in [3.05, 3.63) is 17.8 Å². The molecule has 27 heavy (non-hydrogen) atoms. The first-order chi connectivity index (χ1) is 12.8. The fourth-order valence-corrected chi connectivity index (χ4v) is 2.84. The highest BCUT2D eigenvalue weighted by molar-refractivity contribution is 5.91. The first-order valence-electron chi connectivity index (χ1n) is 9.76. The first kappa shape index (κ1) is 21.8. The Balaban J connectivity index is 1.70. The number of nitrogens with one attached hydrogen (secondary N) is 1. The molecule has 2 N–H and O–H groups in total. The molecular weight excluding hydrogens is 348 g/mol. The Morgan fingerprint density at radius 1 is 1.33 bits per heavy atom. The van der Waals surface area contributed by atoms with Crippen molar-refractivity contribution in [2.45, 2.75) is 52.4 Å². The van der Waals surface area contributed by atoms with Crippen LogP contribution in [0.3, 0.4) is 0 Å². The molecule has 154 valence electrons. The van der Waals surface area contributed by atoms with Crippen LogP contribution in [0.15, 0.2) is 10.7 Å². The van der Waals surface area contributed by atoms with E-state index in [4.69, 9.17) is 9.15 Å². The molecule has 1 atom stereocenters. The number of amides is 1. The minimum absolute atomic E-state index is 0.192. The van der Waals surface area contributed by atoms with Crippen LogP contribution in [0.4, 0.5) is 0 Å². The van der Waals surface area contributed by atoms with E-state index in [2.05, 4.69) is 20.1 Å². The van der Waals surface area contributed by atoms with Crippen molar-refractivity contribution in [3.8, 4) is 0 Å². The molecule has 0 unspecified atom stereocenters. The molecule has 1 aliphatic heterocycles. The van der Waals surface area contributed by atoms with Crippen LogP contribution in [-0.2, 0) is 11.3 Å². The van der Waals surface area contributed by atoms with Crippen molar-refractivity contribution in [1.82, 2.24) is 20.1 Å². The average Bonchev–Trinajstić information content (AvgIpc) is 3.07. The van der Waals surface area contributed by atoms with Crippen molar-refractivity contribution in [2.75, 3.05) is 45.9 Å². The van der Waals surface area contributed by atoms with Crippen molar-refractivity contribution in [2.24, 2.45) is 0 Å². The largest absolute Gasteiger partial charge is 0.447 e. The summed E-state index contributed by atoms with van der Waals surface area (Å²) in [5, 5.41) is 12.9. The normalized spacial score (nSPS) is 17.8. The predicted molar refractivity (Wildman–Crippen MR) is 103 cm³/mol. The summed E-state index contributed by atoms with van der Waals surface area (Å²) in [7, 11) is 0. The summed E-state index contributed by atoms with van der Waals surface area (Å²) in [5.74, 6) is 0.367. The molecule has 8 nitrogen and oxygen atoms in total. The van der Waals surface area contributed by atoms with Crippen molar-refractivity contribution >= 4 is 5.91 Å². The highest BCUT2D eigenvalue weighted by Gasteiger charge is 2.22. The number of hydrogen-bond donors (Lipinski definition) is 2. The lowest BCUT2D eigenvalue weighted by molar-refractivity contribution is -0.0588. The Labute approximate surface area is 161 Å². The molecule has 0 aliphatic carbocycles. The van der Waals surface area contributed by atoms with Gasteiger partial charge in [0.1, 0.15) is 6.26 Å². The minimum atomic E-state index is -0.480. The van der Waals surface area contributed by atoms with Crippen LogP contribution in [0.1, 0.15) is 50.5 Å². The maximum Gasteiger partial charge on any atom is 0.273 e. The Morgan fingerprint density at radius 2 is 2.00 bits per heavy atom. The zero-order valence-electron chi connectivity index (χ0n) is 17.0. The minimum Gasteiger partial charge on any atom is -0.447 e. The molecule has 1 amide bonds. The second-order valence-corrected chi connectivity index (χ2v) is 8.04.